The molecule has 130 valence electrons. The highest BCUT2D eigenvalue weighted by Crippen LogP contribution is 2.21. The van der Waals surface area contributed by atoms with E-state index in [-0.39, 0.29) is 27.2 Å². The molecule has 25 heavy (non-hydrogen) atoms. The number of hydrogen-bond donors (Lipinski definition) is 3. The summed E-state index contributed by atoms with van der Waals surface area (Å²) in [5, 5.41) is 13.7. The highest BCUT2D eigenvalue weighted by atomic mass is 35.5. The summed E-state index contributed by atoms with van der Waals surface area (Å²) < 4.78 is 12.8. The van der Waals surface area contributed by atoms with Gasteiger partial charge in [0.2, 0.25) is 0 Å². The minimum absolute atomic E-state index is 0.0649. The van der Waals surface area contributed by atoms with E-state index in [0.29, 0.717) is 6.54 Å². The van der Waals surface area contributed by atoms with Crippen molar-refractivity contribution in [2.75, 3.05) is 0 Å². The van der Waals surface area contributed by atoms with E-state index in [1.807, 2.05) is 0 Å². The summed E-state index contributed by atoms with van der Waals surface area (Å²) in [5.74, 6) is -1.02. The van der Waals surface area contributed by atoms with Crippen LogP contribution in [-0.2, 0) is 6.54 Å². The molecule has 7 nitrogen and oxygen atoms in total. The number of nitro groups is 1. The van der Waals surface area contributed by atoms with E-state index >= 15 is 0 Å². The Hall–Kier alpha value is -2.78. The van der Waals surface area contributed by atoms with Gasteiger partial charge in [-0.15, -0.1) is 0 Å². The van der Waals surface area contributed by atoms with Crippen molar-refractivity contribution in [1.82, 2.24) is 16.2 Å². The molecule has 0 spiro atoms. The minimum atomic E-state index is -0.681. The molecule has 10 heteroatoms. The molecule has 0 radical (unpaired) electrons. The lowest BCUT2D eigenvalue weighted by Crippen LogP contribution is -2.46. The molecule has 0 aromatic heterocycles. The monoisotopic (exact) mass is 382 g/mol. The van der Waals surface area contributed by atoms with Crippen molar-refractivity contribution in [3.63, 3.8) is 0 Å². The third kappa shape index (κ3) is 5.37. The van der Waals surface area contributed by atoms with Crippen LogP contribution >= 0.6 is 23.8 Å². The summed E-state index contributed by atoms with van der Waals surface area (Å²) in [4.78, 5) is 22.2. The Balaban J connectivity index is 1.89. The molecular weight excluding hydrogens is 371 g/mol. The second-order valence-electron chi connectivity index (χ2n) is 4.81. The van der Waals surface area contributed by atoms with E-state index in [1.165, 1.54) is 24.3 Å². The number of carbonyl (C=O) groups is 1. The Morgan fingerprint density at radius 3 is 2.52 bits per heavy atom. The zero-order valence-corrected chi connectivity index (χ0v) is 14.2. The molecular formula is C15H12ClFN4O3S. The maximum absolute atomic E-state index is 12.8. The van der Waals surface area contributed by atoms with Crippen LogP contribution in [0.15, 0.2) is 42.5 Å². The van der Waals surface area contributed by atoms with Crippen LogP contribution in [0.3, 0.4) is 0 Å². The SMILES string of the molecule is O=C(NNC(=S)NCc1ccc(F)cc1)c1cc([N+](=O)[O-])ccc1Cl. The zero-order chi connectivity index (χ0) is 18.4. The van der Waals surface area contributed by atoms with Crippen molar-refractivity contribution < 1.29 is 14.1 Å². The summed E-state index contributed by atoms with van der Waals surface area (Å²) in [5.41, 5.74) is 5.22. The van der Waals surface area contributed by atoms with E-state index in [0.717, 1.165) is 11.6 Å². The van der Waals surface area contributed by atoms with Crippen molar-refractivity contribution in [3.05, 3.63) is 74.5 Å². The number of halogens is 2. The predicted molar refractivity (Wildman–Crippen MR) is 94.5 cm³/mol. The molecule has 3 N–H and O–H groups in total. The molecule has 0 bridgehead atoms. The van der Waals surface area contributed by atoms with Gasteiger partial charge in [0.1, 0.15) is 5.82 Å². The van der Waals surface area contributed by atoms with Gasteiger partial charge in [-0.1, -0.05) is 23.7 Å². The molecule has 0 aliphatic heterocycles. The number of hydrogen-bond acceptors (Lipinski definition) is 4. The van der Waals surface area contributed by atoms with Crippen LogP contribution < -0.4 is 16.2 Å². The van der Waals surface area contributed by atoms with Crippen molar-refractivity contribution in [3.8, 4) is 0 Å². The molecule has 0 aliphatic rings. The van der Waals surface area contributed by atoms with Gasteiger partial charge < -0.3 is 5.32 Å². The largest absolute Gasteiger partial charge is 0.357 e. The number of nitrogens with one attached hydrogen (secondary N) is 3. The van der Waals surface area contributed by atoms with Crippen LogP contribution in [0.25, 0.3) is 0 Å². The maximum atomic E-state index is 12.8. The first-order valence-electron chi connectivity index (χ1n) is 6.89. The highest BCUT2D eigenvalue weighted by Gasteiger charge is 2.15. The van der Waals surface area contributed by atoms with Gasteiger partial charge in [-0.3, -0.25) is 25.8 Å². The van der Waals surface area contributed by atoms with E-state index < -0.39 is 10.8 Å². The standard InChI is InChI=1S/C15H12ClFN4O3S/c16-13-6-5-11(21(23)24)7-12(13)14(22)19-20-15(25)18-8-9-1-3-10(17)4-2-9/h1-7H,8H2,(H,19,22)(H2,18,20,25). The second kappa shape index (κ2) is 8.36. The number of non-ortho nitro benzene ring substituents is 1. The quantitative estimate of drug-likeness (QED) is 0.427. The van der Waals surface area contributed by atoms with Crippen molar-refractivity contribution in [2.24, 2.45) is 0 Å². The smallest absolute Gasteiger partial charge is 0.271 e. The number of benzene rings is 2. The summed E-state index contributed by atoms with van der Waals surface area (Å²) in [6.07, 6.45) is 0. The lowest BCUT2D eigenvalue weighted by Gasteiger charge is -2.12. The average molecular weight is 383 g/mol. The van der Waals surface area contributed by atoms with Crippen molar-refractivity contribution >= 4 is 40.5 Å². The number of amides is 1. The Labute approximate surface area is 152 Å². The van der Waals surface area contributed by atoms with Crippen LogP contribution in [-0.4, -0.2) is 15.9 Å². The zero-order valence-electron chi connectivity index (χ0n) is 12.6. The molecule has 0 unspecified atom stereocenters. The lowest BCUT2D eigenvalue weighted by molar-refractivity contribution is -0.384. The summed E-state index contributed by atoms with van der Waals surface area (Å²) >= 11 is 10.9. The maximum Gasteiger partial charge on any atom is 0.271 e. The minimum Gasteiger partial charge on any atom is -0.357 e. The topological polar surface area (TPSA) is 96.3 Å². The highest BCUT2D eigenvalue weighted by molar-refractivity contribution is 7.80. The molecule has 0 heterocycles. The lowest BCUT2D eigenvalue weighted by atomic mass is 10.2. The molecule has 0 saturated carbocycles. The Morgan fingerprint density at radius 1 is 1.20 bits per heavy atom. The molecule has 2 aromatic rings. The van der Waals surface area contributed by atoms with Crippen LogP contribution in [0.2, 0.25) is 5.02 Å². The molecule has 0 saturated heterocycles. The number of nitrogens with zero attached hydrogens (tertiary/aromatic N) is 1. The Bertz CT molecular complexity index is 817. The number of rotatable bonds is 4. The van der Waals surface area contributed by atoms with Gasteiger partial charge in [0.15, 0.2) is 5.11 Å². The summed E-state index contributed by atoms with van der Waals surface area (Å²) in [7, 11) is 0. The third-order valence-electron chi connectivity index (χ3n) is 3.06. The second-order valence-corrected chi connectivity index (χ2v) is 5.62. The van der Waals surface area contributed by atoms with Crippen LogP contribution in [0, 0.1) is 15.9 Å². The molecule has 2 rings (SSSR count). The fourth-order valence-electron chi connectivity index (χ4n) is 1.81. The molecule has 0 atom stereocenters. The molecule has 1 amide bonds. The predicted octanol–water partition coefficient (Wildman–Crippen LogP) is 2.70. The van der Waals surface area contributed by atoms with Crippen molar-refractivity contribution in [1.29, 1.82) is 0 Å². The van der Waals surface area contributed by atoms with E-state index in [4.69, 9.17) is 23.8 Å². The first kappa shape index (κ1) is 18.6. The van der Waals surface area contributed by atoms with Gasteiger partial charge in [0.25, 0.3) is 11.6 Å². The van der Waals surface area contributed by atoms with Crippen LogP contribution in [0.1, 0.15) is 15.9 Å². The number of thiocarbonyl (C=S) groups is 1. The fraction of sp³-hybridized carbons (Fsp3) is 0.0667. The summed E-state index contributed by atoms with van der Waals surface area (Å²) in [6, 6.07) is 9.34. The summed E-state index contributed by atoms with van der Waals surface area (Å²) in [6.45, 7) is 0.319. The average Bonchev–Trinajstić information content (AvgIpc) is 2.59. The van der Waals surface area contributed by atoms with Gasteiger partial charge in [-0.05, 0) is 36.0 Å². The molecule has 0 aliphatic carbocycles. The van der Waals surface area contributed by atoms with E-state index in [9.17, 15) is 19.3 Å². The first-order chi connectivity index (χ1) is 11.9. The number of carbonyl (C=O) groups excluding carboxylic acids is 1. The van der Waals surface area contributed by atoms with E-state index in [1.54, 1.807) is 12.1 Å². The Kier molecular flexibility index (Phi) is 6.20. The van der Waals surface area contributed by atoms with Gasteiger partial charge in [0.05, 0.1) is 15.5 Å². The van der Waals surface area contributed by atoms with Crippen LogP contribution in [0.4, 0.5) is 10.1 Å². The number of nitro benzene ring substituents is 1. The molecule has 0 fully saturated rings. The van der Waals surface area contributed by atoms with Gasteiger partial charge in [0, 0.05) is 18.7 Å². The first-order valence-corrected chi connectivity index (χ1v) is 7.68. The Morgan fingerprint density at radius 2 is 1.88 bits per heavy atom. The van der Waals surface area contributed by atoms with Crippen molar-refractivity contribution in [2.45, 2.75) is 6.54 Å². The fourth-order valence-corrected chi connectivity index (χ4v) is 2.14. The number of hydrazine groups is 1. The third-order valence-corrected chi connectivity index (χ3v) is 3.64. The van der Waals surface area contributed by atoms with Gasteiger partial charge in [-0.2, -0.15) is 0 Å². The van der Waals surface area contributed by atoms with Gasteiger partial charge in [-0.25, -0.2) is 4.39 Å². The van der Waals surface area contributed by atoms with E-state index in [2.05, 4.69) is 16.2 Å². The van der Waals surface area contributed by atoms with Gasteiger partial charge >= 0.3 is 0 Å². The molecule has 2 aromatic carbocycles. The normalized spacial score (nSPS) is 10.0. The van der Waals surface area contributed by atoms with Crippen LogP contribution in [0.5, 0.6) is 0 Å².